The second-order valence-electron chi connectivity index (χ2n) is 27.3. The molecule has 0 aromatic heterocycles. The molecular formula is C82H104Br4N4O10+2. The Morgan fingerprint density at radius 1 is 0.390 bits per heavy atom. The van der Waals surface area contributed by atoms with E-state index < -0.39 is 12.2 Å². The molecule has 0 aliphatic heterocycles. The van der Waals surface area contributed by atoms with Crippen LogP contribution in [0.25, 0.3) is 0 Å². The van der Waals surface area contributed by atoms with Gasteiger partial charge in [0.25, 0.3) is 0 Å². The summed E-state index contributed by atoms with van der Waals surface area (Å²) in [6, 6.07) is 27.4. The van der Waals surface area contributed by atoms with E-state index in [4.69, 9.17) is 9.47 Å². The van der Waals surface area contributed by atoms with Crippen molar-refractivity contribution in [3.8, 4) is 11.5 Å². The molecule has 0 bridgehead atoms. The number of ketones is 4. The van der Waals surface area contributed by atoms with Crippen LogP contribution in [-0.4, -0.2) is 71.8 Å². The number of carbonyl (C=O) groups is 6. The molecule has 100 heavy (non-hydrogen) atoms. The van der Waals surface area contributed by atoms with Crippen LogP contribution in [0.5, 0.6) is 11.5 Å². The average molecular weight is 1630 g/mol. The molecular weight excluding hydrogens is 1520 g/mol. The topological polar surface area (TPSA) is 219 Å². The molecule has 14 nitrogen and oxygen atoms in total. The molecule has 2 aliphatic rings. The minimum atomic E-state index is -0.410. The first-order valence-corrected chi connectivity index (χ1v) is 40.3. The molecule has 538 valence electrons. The summed E-state index contributed by atoms with van der Waals surface area (Å²) in [5.41, 5.74) is 6.06. The standard InChI is InChI=1S/C82H102Br4N4O10/c1-3-5-7-23-33-57(35-25-19-15-11-9-13-17-21-31-47-87-81(97)99-49-45-55-51-63(83)75(64(84)52-55)89-67-41-43-69(91)73-71(67)77(93)59-37-27-29-39-61(59)79(73)95)58(34-24-8-6-4-2)36-26-20-16-12-10-14-18-22-32-48-88-82(98)100-50-46-56-53-65(85)76(66(86)54-56)90-68-42-44-70(92)74-72(68)78(94)60-38-28-30-40-62(60)80(74)96/h27-30,37-44,51-54,57-58,89-92H,3-26,31-36,45-50H2,1-2H3,(H,87,97)(H,88,98)/p+2. The Morgan fingerprint density at radius 3 is 0.980 bits per heavy atom. The van der Waals surface area contributed by atoms with Gasteiger partial charge in [0.05, 0.1) is 53.4 Å². The van der Waals surface area contributed by atoms with Crippen molar-refractivity contribution in [2.75, 3.05) is 26.3 Å². The van der Waals surface area contributed by atoms with Gasteiger partial charge < -0.3 is 30.3 Å². The summed E-state index contributed by atoms with van der Waals surface area (Å²) in [6.07, 6.45) is 38.6. The zero-order valence-corrected chi connectivity index (χ0v) is 65.0. The number of hydrogen-bond donors (Lipinski definition) is 6. The number of quaternary nitrogens is 2. The van der Waals surface area contributed by atoms with E-state index in [0.717, 1.165) is 77.9 Å². The molecule has 0 saturated carbocycles. The SMILES string of the molecule is CCCCCCC(CCCCCCCCCCCNC(=O)OCCc1cc(Br)c([NH2+]c2ccc(O)c3c2C(=O)c2ccccc2C3=O)c(Br)c1)C(CCCCCC)CCCCCCCCCCCNC(=O)OCCc1cc(Br)c([NH2+]c2ccc(O)c3c2C(=O)c2ccccc2C3=O)c(Br)c1. The number of nitrogens with two attached hydrogens (primary N) is 2. The van der Waals surface area contributed by atoms with Crippen molar-refractivity contribution in [1.82, 2.24) is 10.6 Å². The number of phenolic OH excluding ortho intramolecular Hbond substituents is 2. The van der Waals surface area contributed by atoms with Gasteiger partial charge in [0.2, 0.25) is 11.6 Å². The predicted molar refractivity (Wildman–Crippen MR) is 412 cm³/mol. The highest BCUT2D eigenvalue weighted by Crippen LogP contribution is 2.40. The van der Waals surface area contributed by atoms with Gasteiger partial charge in [-0.15, -0.1) is 0 Å². The van der Waals surface area contributed by atoms with Gasteiger partial charge in [0.1, 0.15) is 22.9 Å². The number of amides is 2. The lowest BCUT2D eigenvalue weighted by atomic mass is 9.78. The van der Waals surface area contributed by atoms with Crippen molar-refractivity contribution in [3.05, 3.63) is 171 Å². The molecule has 8 N–H and O–H groups in total. The summed E-state index contributed by atoms with van der Waals surface area (Å²) in [5.74, 6) is -0.102. The molecule has 2 aliphatic carbocycles. The second-order valence-corrected chi connectivity index (χ2v) is 30.7. The maximum absolute atomic E-state index is 13.6. The molecule has 2 atom stereocenters. The number of carbonyl (C=O) groups excluding carboxylic acids is 6. The van der Waals surface area contributed by atoms with Gasteiger partial charge in [-0.25, -0.2) is 9.59 Å². The van der Waals surface area contributed by atoms with Crippen LogP contribution >= 0.6 is 63.7 Å². The maximum Gasteiger partial charge on any atom is 0.407 e. The Bertz CT molecular complexity index is 3440. The number of aromatic hydroxyl groups is 2. The Morgan fingerprint density at radius 2 is 0.670 bits per heavy atom. The van der Waals surface area contributed by atoms with Crippen LogP contribution in [0.15, 0.2) is 115 Å². The molecule has 0 saturated heterocycles. The van der Waals surface area contributed by atoms with Crippen LogP contribution in [0.1, 0.15) is 281 Å². The van der Waals surface area contributed by atoms with Crippen LogP contribution in [0.3, 0.4) is 0 Å². The summed E-state index contributed by atoms with van der Waals surface area (Å²) in [5, 5.41) is 30.8. The molecule has 6 aromatic carbocycles. The Kier molecular flexibility index (Phi) is 33.9. The lowest BCUT2D eigenvalue weighted by Gasteiger charge is -2.28. The van der Waals surface area contributed by atoms with E-state index in [1.165, 1.54) is 179 Å². The monoisotopic (exact) mass is 1620 g/mol. The Hall–Kier alpha value is -6.02. The number of fused-ring (bicyclic) bond motifs is 4. The zero-order chi connectivity index (χ0) is 71.2. The highest BCUT2D eigenvalue weighted by atomic mass is 79.9. The number of unbranched alkanes of at least 4 members (excludes halogenated alkanes) is 22. The molecule has 2 amide bonds. The van der Waals surface area contributed by atoms with Crippen LogP contribution in [0, 0.1) is 11.8 Å². The van der Waals surface area contributed by atoms with E-state index >= 15 is 0 Å². The number of phenols is 2. The van der Waals surface area contributed by atoms with Gasteiger partial charge >= 0.3 is 12.2 Å². The molecule has 6 aromatic rings. The first-order chi connectivity index (χ1) is 48.6. The fourth-order valence-corrected chi connectivity index (χ4v) is 17.3. The normalized spacial score (nSPS) is 13.0. The van der Waals surface area contributed by atoms with Crippen molar-refractivity contribution in [2.24, 2.45) is 11.8 Å². The van der Waals surface area contributed by atoms with Crippen LogP contribution in [-0.2, 0) is 22.3 Å². The number of rotatable bonds is 45. The van der Waals surface area contributed by atoms with Gasteiger partial charge in [-0.05, 0) is 136 Å². The first kappa shape index (κ1) is 79.7. The third-order valence-corrected chi connectivity index (χ3v) is 22.5. The van der Waals surface area contributed by atoms with E-state index in [1.807, 2.05) is 34.9 Å². The van der Waals surface area contributed by atoms with Gasteiger partial charge in [0, 0.05) is 60.3 Å². The number of halogens is 4. The van der Waals surface area contributed by atoms with E-state index in [2.05, 4.69) is 88.2 Å². The van der Waals surface area contributed by atoms with E-state index in [0.29, 0.717) is 48.4 Å². The largest absolute Gasteiger partial charge is 0.507 e. The van der Waals surface area contributed by atoms with Gasteiger partial charge in [-0.3, -0.25) is 29.8 Å². The third-order valence-electron chi connectivity index (χ3n) is 19.9. The number of nitrogens with one attached hydrogen (secondary N) is 2. The average Bonchev–Trinajstić information content (AvgIpc) is 0.751. The smallest absolute Gasteiger partial charge is 0.407 e. The summed E-state index contributed by atoms with van der Waals surface area (Å²) in [4.78, 5) is 79.2. The summed E-state index contributed by atoms with van der Waals surface area (Å²) in [6.45, 7) is 6.27. The second kappa shape index (κ2) is 42.5. The van der Waals surface area contributed by atoms with Crippen LogP contribution in [0.2, 0.25) is 0 Å². The Balaban J connectivity index is 0.632. The summed E-state index contributed by atoms with van der Waals surface area (Å²) in [7, 11) is 0. The van der Waals surface area contributed by atoms with E-state index in [9.17, 15) is 39.0 Å². The Labute approximate surface area is 626 Å². The van der Waals surface area contributed by atoms with Crippen molar-refractivity contribution in [2.45, 2.75) is 219 Å². The number of benzene rings is 6. The molecule has 0 fully saturated rings. The van der Waals surface area contributed by atoms with Crippen molar-refractivity contribution >= 4 is 122 Å². The van der Waals surface area contributed by atoms with E-state index in [1.54, 1.807) is 60.7 Å². The number of hydrogen-bond acceptors (Lipinski definition) is 10. The van der Waals surface area contributed by atoms with E-state index in [-0.39, 0.29) is 81.2 Å². The molecule has 8 rings (SSSR count). The minimum absolute atomic E-state index is 0.0151. The molecule has 18 heteroatoms. The van der Waals surface area contributed by atoms with Gasteiger partial charge in [-0.2, -0.15) is 0 Å². The van der Waals surface area contributed by atoms with Crippen LogP contribution in [0.4, 0.5) is 32.3 Å². The van der Waals surface area contributed by atoms with Crippen molar-refractivity contribution < 1.29 is 59.1 Å². The maximum atomic E-state index is 13.6. The number of ether oxygens (including phenoxy) is 2. The van der Waals surface area contributed by atoms with Crippen molar-refractivity contribution in [3.63, 3.8) is 0 Å². The van der Waals surface area contributed by atoms with Gasteiger partial charge in [-0.1, -0.05) is 242 Å². The first-order valence-electron chi connectivity index (χ1n) is 37.1. The summed E-state index contributed by atoms with van der Waals surface area (Å²) < 4.78 is 14.1. The summed E-state index contributed by atoms with van der Waals surface area (Å²) >= 11 is 14.7. The fraction of sp³-hybridized carbons (Fsp3) is 0.488. The molecule has 0 spiro atoms. The quantitative estimate of drug-likeness (QED) is 0.0120. The third kappa shape index (κ3) is 23.5. The van der Waals surface area contributed by atoms with Gasteiger partial charge in [0.15, 0.2) is 22.9 Å². The zero-order valence-electron chi connectivity index (χ0n) is 58.7. The highest BCUT2D eigenvalue weighted by Gasteiger charge is 2.38. The molecule has 0 heterocycles. The fourth-order valence-electron chi connectivity index (χ4n) is 14.3. The number of alkyl carbamates (subject to hydrolysis) is 2. The van der Waals surface area contributed by atoms with Crippen molar-refractivity contribution in [1.29, 1.82) is 0 Å². The minimum Gasteiger partial charge on any atom is -0.507 e. The lowest BCUT2D eigenvalue weighted by molar-refractivity contribution is -0.480. The molecule has 0 radical (unpaired) electrons. The van der Waals surface area contributed by atoms with Crippen LogP contribution < -0.4 is 21.3 Å². The lowest BCUT2D eigenvalue weighted by Crippen LogP contribution is -2.72. The highest BCUT2D eigenvalue weighted by molar-refractivity contribution is 9.11. The predicted octanol–water partition coefficient (Wildman–Crippen LogP) is 21.0. The molecule has 2 unspecified atom stereocenters.